The van der Waals surface area contributed by atoms with Crippen LogP contribution in [0.15, 0.2) is 34.9 Å². The molecule has 2 aromatic rings. The molecule has 1 fully saturated rings. The number of piperidine rings is 1. The maximum Gasteiger partial charge on any atom is 0.246 e. The summed E-state index contributed by atoms with van der Waals surface area (Å²) in [6.45, 7) is 3.21. The first-order valence-electron chi connectivity index (χ1n) is 8.07. The van der Waals surface area contributed by atoms with Gasteiger partial charge in [0.25, 0.3) is 0 Å². The summed E-state index contributed by atoms with van der Waals surface area (Å²) in [5.41, 5.74) is 0.893. The molecule has 1 aliphatic rings. The van der Waals surface area contributed by atoms with E-state index in [1.54, 1.807) is 19.3 Å². The molecule has 6 nitrogen and oxygen atoms in total. The maximum atomic E-state index is 12.4. The van der Waals surface area contributed by atoms with Crippen LogP contribution in [0.1, 0.15) is 36.0 Å². The van der Waals surface area contributed by atoms with Crippen LogP contribution in [-0.2, 0) is 4.79 Å². The first kappa shape index (κ1) is 16.2. The molecule has 2 heterocycles. The number of carbonyl (C=O) groups is 1. The second-order valence-electron chi connectivity index (χ2n) is 5.85. The van der Waals surface area contributed by atoms with Crippen molar-refractivity contribution in [2.24, 2.45) is 0 Å². The van der Waals surface area contributed by atoms with E-state index in [2.05, 4.69) is 10.1 Å². The highest BCUT2D eigenvalue weighted by Crippen LogP contribution is 2.27. The summed E-state index contributed by atoms with van der Waals surface area (Å²) in [5, 5.41) is 3.84. The number of para-hydroxylation sites is 1. The van der Waals surface area contributed by atoms with E-state index in [1.165, 1.54) is 0 Å². The maximum absolute atomic E-state index is 12.4. The van der Waals surface area contributed by atoms with Gasteiger partial charge in [-0.2, -0.15) is 4.98 Å². The number of benzene rings is 1. The van der Waals surface area contributed by atoms with E-state index in [4.69, 9.17) is 9.26 Å². The monoisotopic (exact) mass is 327 g/mol. The number of hydrogen-bond acceptors (Lipinski definition) is 5. The van der Waals surface area contributed by atoms with Gasteiger partial charge in [0, 0.05) is 30.6 Å². The number of aryl methyl sites for hydroxylation is 1. The van der Waals surface area contributed by atoms with Crippen molar-refractivity contribution in [2.45, 2.75) is 25.7 Å². The molecule has 0 unspecified atom stereocenters. The Hall–Kier alpha value is -2.63. The second-order valence-corrected chi connectivity index (χ2v) is 5.85. The highest BCUT2D eigenvalue weighted by Gasteiger charge is 2.26. The summed E-state index contributed by atoms with van der Waals surface area (Å²) in [7, 11) is 1.62. The summed E-state index contributed by atoms with van der Waals surface area (Å²) in [6, 6.07) is 7.63. The average molecular weight is 327 g/mol. The Balaban J connectivity index is 1.58. The molecule has 1 saturated heterocycles. The Morgan fingerprint density at radius 2 is 2.08 bits per heavy atom. The van der Waals surface area contributed by atoms with Crippen molar-refractivity contribution in [1.29, 1.82) is 0 Å². The molecule has 1 aromatic carbocycles. The zero-order valence-electron chi connectivity index (χ0n) is 13.9. The van der Waals surface area contributed by atoms with Gasteiger partial charge in [0.2, 0.25) is 11.8 Å². The fraction of sp³-hybridized carbons (Fsp3) is 0.389. The van der Waals surface area contributed by atoms with Gasteiger partial charge in [-0.05, 0) is 31.9 Å². The number of amides is 1. The van der Waals surface area contributed by atoms with Gasteiger partial charge in [-0.1, -0.05) is 23.4 Å². The van der Waals surface area contributed by atoms with Crippen molar-refractivity contribution < 1.29 is 14.1 Å². The van der Waals surface area contributed by atoms with E-state index in [9.17, 15) is 4.79 Å². The van der Waals surface area contributed by atoms with Crippen LogP contribution in [0, 0.1) is 6.92 Å². The number of nitrogens with zero attached hydrogens (tertiary/aromatic N) is 3. The Bertz CT molecular complexity index is 731. The van der Waals surface area contributed by atoms with Gasteiger partial charge in [-0.15, -0.1) is 0 Å². The smallest absolute Gasteiger partial charge is 0.246 e. The molecule has 0 atom stereocenters. The molecule has 0 aliphatic carbocycles. The zero-order chi connectivity index (χ0) is 16.9. The molecular weight excluding hydrogens is 306 g/mol. The largest absolute Gasteiger partial charge is 0.496 e. The quantitative estimate of drug-likeness (QED) is 0.808. The van der Waals surface area contributed by atoms with Crippen molar-refractivity contribution in [3.63, 3.8) is 0 Å². The van der Waals surface area contributed by atoms with Crippen molar-refractivity contribution in [2.75, 3.05) is 20.2 Å². The molecule has 0 radical (unpaired) electrons. The number of aromatic nitrogens is 2. The normalized spacial score (nSPS) is 15.8. The minimum Gasteiger partial charge on any atom is -0.496 e. The van der Waals surface area contributed by atoms with E-state index in [-0.39, 0.29) is 11.8 Å². The highest BCUT2D eigenvalue weighted by atomic mass is 16.5. The van der Waals surface area contributed by atoms with Gasteiger partial charge >= 0.3 is 0 Å². The minimum atomic E-state index is 0.0149. The second kappa shape index (κ2) is 7.29. The van der Waals surface area contributed by atoms with E-state index in [1.807, 2.05) is 36.1 Å². The molecule has 0 N–H and O–H groups in total. The van der Waals surface area contributed by atoms with Gasteiger partial charge in [0.05, 0.1) is 7.11 Å². The molecular formula is C18H21N3O3. The average Bonchev–Trinajstić information content (AvgIpc) is 3.06. The lowest BCUT2D eigenvalue weighted by molar-refractivity contribution is -0.127. The topological polar surface area (TPSA) is 68.5 Å². The summed E-state index contributed by atoms with van der Waals surface area (Å²) in [4.78, 5) is 18.5. The summed E-state index contributed by atoms with van der Waals surface area (Å²) < 4.78 is 10.5. The molecule has 1 amide bonds. The SMILES string of the molecule is COc1ccccc1C=CC(=O)N1CCC(c2nc(C)no2)CC1. The van der Waals surface area contributed by atoms with Crippen molar-refractivity contribution in [3.8, 4) is 5.75 Å². The molecule has 6 heteroatoms. The third-order valence-corrected chi connectivity index (χ3v) is 4.24. The number of methoxy groups -OCH3 is 1. The molecule has 1 aliphatic heterocycles. The third kappa shape index (κ3) is 3.64. The van der Waals surface area contributed by atoms with E-state index in [0.717, 1.165) is 24.2 Å². The number of rotatable bonds is 4. The molecule has 0 bridgehead atoms. The number of likely N-dealkylation sites (tertiary alicyclic amines) is 1. The molecule has 126 valence electrons. The fourth-order valence-electron chi connectivity index (χ4n) is 2.90. The van der Waals surface area contributed by atoms with Crippen LogP contribution < -0.4 is 4.74 Å². The molecule has 0 spiro atoms. The Morgan fingerprint density at radius 1 is 1.33 bits per heavy atom. The molecule has 24 heavy (non-hydrogen) atoms. The van der Waals surface area contributed by atoms with Gasteiger partial charge in [-0.3, -0.25) is 4.79 Å². The first-order valence-corrected chi connectivity index (χ1v) is 8.07. The fourth-order valence-corrected chi connectivity index (χ4v) is 2.90. The summed E-state index contributed by atoms with van der Waals surface area (Å²) in [6.07, 6.45) is 5.09. The predicted octanol–water partition coefficient (Wildman–Crippen LogP) is 2.81. The van der Waals surface area contributed by atoms with Gasteiger partial charge < -0.3 is 14.2 Å². The molecule has 1 aromatic heterocycles. The standard InChI is InChI=1S/C18H21N3O3/c1-13-19-18(24-20-13)15-9-11-21(12-10-15)17(22)8-7-14-5-3-4-6-16(14)23-2/h3-8,15H,9-12H2,1-2H3. The minimum absolute atomic E-state index is 0.0149. The Labute approximate surface area is 141 Å². The molecule has 3 rings (SSSR count). The number of ether oxygens (including phenoxy) is 1. The third-order valence-electron chi connectivity index (χ3n) is 4.24. The van der Waals surface area contributed by atoms with Crippen molar-refractivity contribution >= 4 is 12.0 Å². The number of carbonyl (C=O) groups excluding carboxylic acids is 1. The first-order chi connectivity index (χ1) is 11.7. The number of hydrogen-bond donors (Lipinski definition) is 0. The predicted molar refractivity (Wildman–Crippen MR) is 89.6 cm³/mol. The van der Waals surface area contributed by atoms with Crippen molar-refractivity contribution in [1.82, 2.24) is 15.0 Å². The van der Waals surface area contributed by atoms with Gasteiger partial charge in [-0.25, -0.2) is 0 Å². The van der Waals surface area contributed by atoms with Crippen LogP contribution in [-0.4, -0.2) is 41.1 Å². The highest BCUT2D eigenvalue weighted by molar-refractivity contribution is 5.92. The van der Waals surface area contributed by atoms with Crippen LogP contribution in [0.3, 0.4) is 0 Å². The van der Waals surface area contributed by atoms with E-state index < -0.39 is 0 Å². The zero-order valence-corrected chi connectivity index (χ0v) is 13.9. The van der Waals surface area contributed by atoms with Crippen LogP contribution in [0.25, 0.3) is 6.08 Å². The molecule has 0 saturated carbocycles. The Morgan fingerprint density at radius 3 is 2.75 bits per heavy atom. The van der Waals surface area contributed by atoms with Crippen LogP contribution >= 0.6 is 0 Å². The van der Waals surface area contributed by atoms with Crippen molar-refractivity contribution in [3.05, 3.63) is 47.6 Å². The summed E-state index contributed by atoms with van der Waals surface area (Å²) >= 11 is 0. The van der Waals surface area contributed by atoms with Crippen LogP contribution in [0.5, 0.6) is 5.75 Å². The van der Waals surface area contributed by atoms with E-state index in [0.29, 0.717) is 24.8 Å². The Kier molecular flexibility index (Phi) is 4.93. The summed E-state index contributed by atoms with van der Waals surface area (Å²) in [5.74, 6) is 2.36. The van der Waals surface area contributed by atoms with Crippen LogP contribution in [0.4, 0.5) is 0 Å². The van der Waals surface area contributed by atoms with Gasteiger partial charge in [0.1, 0.15) is 5.75 Å². The van der Waals surface area contributed by atoms with Gasteiger partial charge in [0.15, 0.2) is 5.82 Å². The lowest BCUT2D eigenvalue weighted by Crippen LogP contribution is -2.36. The lowest BCUT2D eigenvalue weighted by Gasteiger charge is -2.29. The van der Waals surface area contributed by atoms with E-state index >= 15 is 0 Å². The lowest BCUT2D eigenvalue weighted by atomic mass is 9.96. The van der Waals surface area contributed by atoms with Crippen LogP contribution in [0.2, 0.25) is 0 Å².